The van der Waals surface area contributed by atoms with Crippen molar-refractivity contribution in [2.45, 2.75) is 25.4 Å². The Balaban J connectivity index is 1.50. The van der Waals surface area contributed by atoms with Gasteiger partial charge in [0.05, 0.1) is 12.7 Å². The Labute approximate surface area is 80.2 Å². The number of morpholine rings is 1. The number of hydrogen-bond acceptors (Lipinski definition) is 3. The fourth-order valence-electron chi connectivity index (χ4n) is 1.90. The van der Waals surface area contributed by atoms with E-state index < -0.39 is 0 Å². The molecule has 2 aliphatic rings. The molecule has 1 aliphatic carbocycles. The molecule has 1 saturated heterocycles. The van der Waals surface area contributed by atoms with Crippen LogP contribution in [0, 0.1) is 5.92 Å². The normalized spacial score (nSPS) is 30.0. The Bertz CT molecular complexity index is 142. The van der Waals surface area contributed by atoms with Gasteiger partial charge in [-0.1, -0.05) is 6.42 Å². The van der Waals surface area contributed by atoms with E-state index in [0.717, 1.165) is 32.2 Å². The van der Waals surface area contributed by atoms with Gasteiger partial charge in [-0.05, 0) is 25.3 Å². The Kier molecular flexibility index (Phi) is 3.58. The van der Waals surface area contributed by atoms with E-state index in [1.807, 2.05) is 0 Å². The van der Waals surface area contributed by atoms with E-state index >= 15 is 0 Å². The molecule has 2 N–H and O–H groups in total. The van der Waals surface area contributed by atoms with Crippen LogP contribution < -0.4 is 10.6 Å². The molecule has 0 aromatic heterocycles. The predicted molar refractivity (Wildman–Crippen MR) is 52.8 cm³/mol. The molecule has 0 amide bonds. The summed E-state index contributed by atoms with van der Waals surface area (Å²) in [6.07, 6.45) is 4.69. The van der Waals surface area contributed by atoms with Gasteiger partial charge in [0.2, 0.25) is 0 Å². The lowest BCUT2D eigenvalue weighted by Gasteiger charge is -2.28. The minimum absolute atomic E-state index is 0.397. The summed E-state index contributed by atoms with van der Waals surface area (Å²) in [6, 6.07) is 0. The maximum absolute atomic E-state index is 5.59. The highest BCUT2D eigenvalue weighted by atomic mass is 16.5. The SMILES string of the molecule is C1CC(CNCC2CNCCO2)C1. The minimum Gasteiger partial charge on any atom is -0.374 e. The van der Waals surface area contributed by atoms with E-state index in [9.17, 15) is 0 Å². The molecule has 3 heteroatoms. The smallest absolute Gasteiger partial charge is 0.0824 e. The molecule has 13 heavy (non-hydrogen) atoms. The molecular weight excluding hydrogens is 164 g/mol. The van der Waals surface area contributed by atoms with Crippen molar-refractivity contribution in [1.82, 2.24) is 10.6 Å². The standard InChI is InChI=1S/C10H20N2O/c1-2-9(3-1)6-12-8-10-7-11-4-5-13-10/h9-12H,1-8H2. The van der Waals surface area contributed by atoms with Gasteiger partial charge in [-0.2, -0.15) is 0 Å². The van der Waals surface area contributed by atoms with Gasteiger partial charge in [0, 0.05) is 19.6 Å². The van der Waals surface area contributed by atoms with E-state index in [1.54, 1.807) is 0 Å². The monoisotopic (exact) mass is 184 g/mol. The molecule has 0 aromatic rings. The first kappa shape index (κ1) is 9.44. The largest absolute Gasteiger partial charge is 0.374 e. The molecule has 1 unspecified atom stereocenters. The lowest BCUT2D eigenvalue weighted by atomic mass is 9.85. The van der Waals surface area contributed by atoms with Gasteiger partial charge in [0.25, 0.3) is 0 Å². The van der Waals surface area contributed by atoms with Crippen LogP contribution in [-0.4, -0.2) is 38.9 Å². The van der Waals surface area contributed by atoms with Gasteiger partial charge in [-0.25, -0.2) is 0 Å². The Hall–Kier alpha value is -0.120. The molecule has 0 spiro atoms. The molecule has 0 bridgehead atoms. The van der Waals surface area contributed by atoms with Crippen molar-refractivity contribution in [1.29, 1.82) is 0 Å². The Morgan fingerprint density at radius 1 is 1.31 bits per heavy atom. The zero-order chi connectivity index (χ0) is 8.93. The second-order valence-electron chi connectivity index (χ2n) is 4.15. The summed E-state index contributed by atoms with van der Waals surface area (Å²) in [5.41, 5.74) is 0. The Morgan fingerprint density at radius 2 is 2.23 bits per heavy atom. The van der Waals surface area contributed by atoms with Crippen molar-refractivity contribution in [2.75, 3.05) is 32.8 Å². The second-order valence-corrected chi connectivity index (χ2v) is 4.15. The van der Waals surface area contributed by atoms with Crippen molar-refractivity contribution in [3.63, 3.8) is 0 Å². The molecule has 2 fully saturated rings. The number of ether oxygens (including phenoxy) is 1. The zero-order valence-electron chi connectivity index (χ0n) is 8.22. The number of hydrogen-bond donors (Lipinski definition) is 2. The van der Waals surface area contributed by atoms with E-state index in [2.05, 4.69) is 10.6 Å². The summed E-state index contributed by atoms with van der Waals surface area (Å²) in [4.78, 5) is 0. The molecule has 1 atom stereocenters. The first-order valence-corrected chi connectivity index (χ1v) is 5.48. The molecule has 0 aromatic carbocycles. The fraction of sp³-hybridized carbons (Fsp3) is 1.00. The summed E-state index contributed by atoms with van der Waals surface area (Å²) in [6.45, 7) is 5.11. The highest BCUT2D eigenvalue weighted by Gasteiger charge is 2.18. The van der Waals surface area contributed by atoms with Gasteiger partial charge >= 0.3 is 0 Å². The van der Waals surface area contributed by atoms with Crippen LogP contribution in [-0.2, 0) is 4.74 Å². The van der Waals surface area contributed by atoms with Crippen LogP contribution >= 0.6 is 0 Å². The van der Waals surface area contributed by atoms with E-state index in [-0.39, 0.29) is 0 Å². The van der Waals surface area contributed by atoms with Gasteiger partial charge in [0.1, 0.15) is 0 Å². The third kappa shape index (κ3) is 2.93. The van der Waals surface area contributed by atoms with Crippen molar-refractivity contribution in [3.05, 3.63) is 0 Å². The molecule has 0 radical (unpaired) electrons. The number of rotatable bonds is 4. The van der Waals surface area contributed by atoms with Crippen molar-refractivity contribution < 1.29 is 4.74 Å². The van der Waals surface area contributed by atoms with Crippen LogP contribution in [0.4, 0.5) is 0 Å². The van der Waals surface area contributed by atoms with Gasteiger partial charge in [-0.15, -0.1) is 0 Å². The van der Waals surface area contributed by atoms with Crippen LogP contribution in [0.2, 0.25) is 0 Å². The molecule has 1 aliphatic heterocycles. The van der Waals surface area contributed by atoms with Crippen LogP contribution in [0.25, 0.3) is 0 Å². The topological polar surface area (TPSA) is 33.3 Å². The summed E-state index contributed by atoms with van der Waals surface area (Å²) >= 11 is 0. The predicted octanol–water partition coefficient (Wildman–Crippen LogP) is 0.364. The lowest BCUT2D eigenvalue weighted by Crippen LogP contribution is -2.45. The third-order valence-corrected chi connectivity index (χ3v) is 3.03. The quantitative estimate of drug-likeness (QED) is 0.662. The summed E-state index contributed by atoms with van der Waals surface area (Å²) in [5.74, 6) is 0.955. The zero-order valence-corrected chi connectivity index (χ0v) is 8.22. The van der Waals surface area contributed by atoms with Crippen molar-refractivity contribution >= 4 is 0 Å². The van der Waals surface area contributed by atoms with Crippen molar-refractivity contribution in [3.8, 4) is 0 Å². The molecular formula is C10H20N2O. The van der Waals surface area contributed by atoms with Crippen LogP contribution in [0.5, 0.6) is 0 Å². The summed E-state index contributed by atoms with van der Waals surface area (Å²) in [7, 11) is 0. The highest BCUT2D eigenvalue weighted by molar-refractivity contribution is 4.74. The minimum atomic E-state index is 0.397. The first-order chi connectivity index (χ1) is 6.45. The molecule has 1 heterocycles. The molecule has 3 nitrogen and oxygen atoms in total. The first-order valence-electron chi connectivity index (χ1n) is 5.48. The average Bonchev–Trinajstić information content (AvgIpc) is 2.11. The summed E-state index contributed by atoms with van der Waals surface area (Å²) < 4.78 is 5.59. The van der Waals surface area contributed by atoms with E-state index in [4.69, 9.17) is 4.74 Å². The third-order valence-electron chi connectivity index (χ3n) is 3.03. The van der Waals surface area contributed by atoms with Crippen LogP contribution in [0.3, 0.4) is 0 Å². The summed E-state index contributed by atoms with van der Waals surface area (Å²) in [5, 5.41) is 6.83. The maximum Gasteiger partial charge on any atom is 0.0824 e. The second kappa shape index (κ2) is 4.94. The number of nitrogens with one attached hydrogen (secondary N) is 2. The average molecular weight is 184 g/mol. The molecule has 2 rings (SSSR count). The van der Waals surface area contributed by atoms with Gasteiger partial charge < -0.3 is 15.4 Å². The highest BCUT2D eigenvalue weighted by Crippen LogP contribution is 2.25. The van der Waals surface area contributed by atoms with E-state index in [0.29, 0.717) is 6.10 Å². The van der Waals surface area contributed by atoms with Gasteiger partial charge in [0.15, 0.2) is 0 Å². The van der Waals surface area contributed by atoms with E-state index in [1.165, 1.54) is 25.8 Å². The van der Waals surface area contributed by atoms with Crippen LogP contribution in [0.1, 0.15) is 19.3 Å². The van der Waals surface area contributed by atoms with Crippen LogP contribution in [0.15, 0.2) is 0 Å². The van der Waals surface area contributed by atoms with Gasteiger partial charge in [-0.3, -0.25) is 0 Å². The maximum atomic E-state index is 5.59. The molecule has 76 valence electrons. The lowest BCUT2D eigenvalue weighted by molar-refractivity contribution is 0.0282. The fourth-order valence-corrected chi connectivity index (χ4v) is 1.90. The molecule has 1 saturated carbocycles. The van der Waals surface area contributed by atoms with Crippen molar-refractivity contribution in [2.24, 2.45) is 5.92 Å². The Morgan fingerprint density at radius 3 is 2.85 bits per heavy atom.